The van der Waals surface area contributed by atoms with Gasteiger partial charge in [-0.1, -0.05) is 18.2 Å². The summed E-state index contributed by atoms with van der Waals surface area (Å²) in [7, 11) is 0. The van der Waals surface area contributed by atoms with E-state index in [1.807, 2.05) is 24.3 Å². The van der Waals surface area contributed by atoms with E-state index in [9.17, 15) is 4.39 Å². The van der Waals surface area contributed by atoms with Gasteiger partial charge in [-0.15, -0.1) is 0 Å². The largest absolute Gasteiger partial charge is 0.438 e. The molecule has 5 nitrogen and oxygen atoms in total. The molecule has 0 spiro atoms. The first kappa shape index (κ1) is 12.3. The van der Waals surface area contributed by atoms with Gasteiger partial charge in [0.1, 0.15) is 11.6 Å². The Morgan fingerprint density at radius 3 is 2.70 bits per heavy atom. The maximum atomic E-state index is 13.2. The molecule has 0 amide bonds. The summed E-state index contributed by atoms with van der Waals surface area (Å²) in [4.78, 5) is 8.36. The molecule has 0 fully saturated rings. The fourth-order valence-electron chi connectivity index (χ4n) is 1.83. The number of hydrogen-bond donors (Lipinski definition) is 2. The SMILES string of the molecule is NNc1nc(Oc2cccc(F)c2)c2ccccc2n1. The molecular weight excluding hydrogens is 259 g/mol. The quantitative estimate of drug-likeness (QED) is 0.565. The standard InChI is InChI=1S/C14H11FN4O/c15-9-4-3-5-10(8-9)20-13-11-6-1-2-7-12(11)17-14(18-13)19-16/h1-8H,16H2,(H,17,18,19). The van der Waals surface area contributed by atoms with Gasteiger partial charge in [-0.2, -0.15) is 4.98 Å². The summed E-state index contributed by atoms with van der Waals surface area (Å²) in [5.41, 5.74) is 3.06. The number of halogens is 1. The third-order valence-electron chi connectivity index (χ3n) is 2.71. The summed E-state index contributed by atoms with van der Waals surface area (Å²) < 4.78 is 18.8. The van der Waals surface area contributed by atoms with Gasteiger partial charge >= 0.3 is 0 Å². The first-order valence-corrected chi connectivity index (χ1v) is 5.93. The van der Waals surface area contributed by atoms with Gasteiger partial charge in [-0.3, -0.25) is 5.43 Å². The zero-order valence-corrected chi connectivity index (χ0v) is 10.4. The van der Waals surface area contributed by atoms with Crippen molar-refractivity contribution in [2.75, 3.05) is 5.43 Å². The van der Waals surface area contributed by atoms with Gasteiger partial charge in [0.05, 0.1) is 10.9 Å². The van der Waals surface area contributed by atoms with Crippen molar-refractivity contribution in [3.63, 3.8) is 0 Å². The Hall–Kier alpha value is -2.73. The summed E-state index contributed by atoms with van der Waals surface area (Å²) in [6.45, 7) is 0. The third kappa shape index (κ3) is 2.36. The average molecular weight is 270 g/mol. The van der Waals surface area contributed by atoms with E-state index in [1.54, 1.807) is 12.1 Å². The highest BCUT2D eigenvalue weighted by molar-refractivity contribution is 5.84. The Kier molecular flexibility index (Phi) is 3.14. The fourth-order valence-corrected chi connectivity index (χ4v) is 1.83. The van der Waals surface area contributed by atoms with Crippen LogP contribution in [0.1, 0.15) is 0 Å². The van der Waals surface area contributed by atoms with E-state index in [2.05, 4.69) is 15.4 Å². The Labute approximate surface area is 114 Å². The van der Waals surface area contributed by atoms with Crippen molar-refractivity contribution < 1.29 is 9.13 Å². The molecule has 0 atom stereocenters. The van der Waals surface area contributed by atoms with Crippen LogP contribution in [0.2, 0.25) is 0 Å². The second-order valence-electron chi connectivity index (χ2n) is 4.07. The first-order chi connectivity index (χ1) is 9.76. The lowest BCUT2D eigenvalue weighted by atomic mass is 10.2. The van der Waals surface area contributed by atoms with E-state index in [4.69, 9.17) is 10.6 Å². The number of fused-ring (bicyclic) bond motifs is 1. The van der Waals surface area contributed by atoms with E-state index in [0.29, 0.717) is 17.1 Å². The van der Waals surface area contributed by atoms with Crippen LogP contribution in [0.15, 0.2) is 48.5 Å². The van der Waals surface area contributed by atoms with Crippen LogP contribution in [0.25, 0.3) is 10.9 Å². The van der Waals surface area contributed by atoms with Crippen molar-refractivity contribution in [2.24, 2.45) is 5.84 Å². The minimum Gasteiger partial charge on any atom is -0.438 e. The number of nitrogen functional groups attached to an aromatic ring is 1. The van der Waals surface area contributed by atoms with Crippen LogP contribution in [0.3, 0.4) is 0 Å². The van der Waals surface area contributed by atoms with Crippen LogP contribution in [0.5, 0.6) is 11.6 Å². The molecule has 20 heavy (non-hydrogen) atoms. The predicted octanol–water partition coefficient (Wildman–Crippen LogP) is 2.85. The number of aromatic nitrogens is 2. The second kappa shape index (κ2) is 5.10. The zero-order chi connectivity index (χ0) is 13.9. The maximum Gasteiger partial charge on any atom is 0.241 e. The van der Waals surface area contributed by atoms with Crippen LogP contribution in [-0.2, 0) is 0 Å². The van der Waals surface area contributed by atoms with Gasteiger partial charge in [0.15, 0.2) is 0 Å². The molecule has 3 N–H and O–H groups in total. The van der Waals surface area contributed by atoms with Crippen molar-refractivity contribution in [2.45, 2.75) is 0 Å². The van der Waals surface area contributed by atoms with E-state index in [-0.39, 0.29) is 11.8 Å². The molecule has 0 saturated heterocycles. The van der Waals surface area contributed by atoms with Gasteiger partial charge in [0.25, 0.3) is 0 Å². The molecule has 0 bridgehead atoms. The van der Waals surface area contributed by atoms with Crippen LogP contribution in [-0.4, -0.2) is 9.97 Å². The number of benzene rings is 2. The van der Waals surface area contributed by atoms with Crippen LogP contribution in [0.4, 0.5) is 10.3 Å². The van der Waals surface area contributed by atoms with Gasteiger partial charge in [-0.25, -0.2) is 15.2 Å². The smallest absolute Gasteiger partial charge is 0.241 e. The van der Waals surface area contributed by atoms with E-state index in [0.717, 1.165) is 5.39 Å². The molecule has 0 aliphatic carbocycles. The number of para-hydroxylation sites is 1. The number of hydrazine groups is 1. The minimum atomic E-state index is -0.377. The molecule has 6 heteroatoms. The minimum absolute atomic E-state index is 0.232. The summed E-state index contributed by atoms with van der Waals surface area (Å²) in [6, 6.07) is 13.2. The molecule has 1 heterocycles. The van der Waals surface area contributed by atoms with Gasteiger partial charge in [0.2, 0.25) is 11.8 Å². The Morgan fingerprint density at radius 2 is 1.90 bits per heavy atom. The number of anilines is 1. The monoisotopic (exact) mass is 270 g/mol. The van der Waals surface area contributed by atoms with Gasteiger partial charge < -0.3 is 4.74 Å². The topological polar surface area (TPSA) is 73.1 Å². The summed E-state index contributed by atoms with van der Waals surface area (Å²) in [6.07, 6.45) is 0. The lowest BCUT2D eigenvalue weighted by Gasteiger charge is -2.09. The third-order valence-corrected chi connectivity index (χ3v) is 2.71. The van der Waals surface area contributed by atoms with E-state index < -0.39 is 0 Å². The highest BCUT2D eigenvalue weighted by atomic mass is 19.1. The molecule has 100 valence electrons. The first-order valence-electron chi connectivity index (χ1n) is 5.93. The normalized spacial score (nSPS) is 10.5. The number of hydrogen-bond acceptors (Lipinski definition) is 5. The van der Waals surface area contributed by atoms with Crippen LogP contribution < -0.4 is 16.0 Å². The second-order valence-corrected chi connectivity index (χ2v) is 4.07. The molecule has 2 aromatic carbocycles. The molecule has 3 rings (SSSR count). The molecule has 0 radical (unpaired) electrons. The van der Waals surface area contributed by atoms with E-state index >= 15 is 0 Å². The highest BCUT2D eigenvalue weighted by Gasteiger charge is 2.09. The van der Waals surface area contributed by atoms with Gasteiger partial charge in [0, 0.05) is 6.07 Å². The van der Waals surface area contributed by atoms with Crippen molar-refractivity contribution in [3.05, 3.63) is 54.3 Å². The van der Waals surface area contributed by atoms with Gasteiger partial charge in [-0.05, 0) is 24.3 Å². The number of ether oxygens (including phenoxy) is 1. The van der Waals surface area contributed by atoms with Crippen molar-refractivity contribution in [1.29, 1.82) is 0 Å². The zero-order valence-electron chi connectivity index (χ0n) is 10.4. The Morgan fingerprint density at radius 1 is 1.05 bits per heavy atom. The molecule has 0 aliphatic rings. The molecule has 0 aliphatic heterocycles. The van der Waals surface area contributed by atoms with Crippen LogP contribution in [0, 0.1) is 5.82 Å². The van der Waals surface area contributed by atoms with Crippen molar-refractivity contribution in [3.8, 4) is 11.6 Å². The predicted molar refractivity (Wildman–Crippen MR) is 73.8 cm³/mol. The summed E-state index contributed by atoms with van der Waals surface area (Å²) >= 11 is 0. The number of nitrogens with one attached hydrogen (secondary N) is 1. The summed E-state index contributed by atoms with van der Waals surface area (Å²) in [5, 5.41) is 0.718. The highest BCUT2D eigenvalue weighted by Crippen LogP contribution is 2.28. The lowest BCUT2D eigenvalue weighted by molar-refractivity contribution is 0.464. The molecule has 0 unspecified atom stereocenters. The van der Waals surface area contributed by atoms with Crippen molar-refractivity contribution >= 4 is 16.9 Å². The molecular formula is C14H11FN4O. The maximum absolute atomic E-state index is 13.2. The lowest BCUT2D eigenvalue weighted by Crippen LogP contribution is -2.11. The fraction of sp³-hybridized carbons (Fsp3) is 0. The Bertz CT molecular complexity index is 763. The van der Waals surface area contributed by atoms with Crippen LogP contribution >= 0.6 is 0 Å². The number of nitrogens with two attached hydrogens (primary N) is 1. The number of rotatable bonds is 3. The molecule has 0 saturated carbocycles. The van der Waals surface area contributed by atoms with Crippen molar-refractivity contribution in [1.82, 2.24) is 9.97 Å². The molecule has 3 aromatic rings. The summed E-state index contributed by atoms with van der Waals surface area (Å²) in [5.74, 6) is 5.86. The molecule has 1 aromatic heterocycles. The number of nitrogens with zero attached hydrogens (tertiary/aromatic N) is 2. The Balaban J connectivity index is 2.10. The van der Waals surface area contributed by atoms with E-state index in [1.165, 1.54) is 12.1 Å². The average Bonchev–Trinajstić information content (AvgIpc) is 2.47.